The van der Waals surface area contributed by atoms with E-state index < -0.39 is 27.5 Å². The van der Waals surface area contributed by atoms with Crippen LogP contribution in [0.2, 0.25) is 0 Å². The van der Waals surface area contributed by atoms with Gasteiger partial charge in [0.25, 0.3) is 0 Å². The van der Waals surface area contributed by atoms with Gasteiger partial charge in [-0.3, -0.25) is 4.79 Å². The Bertz CT molecular complexity index is 1350. The lowest BCUT2D eigenvalue weighted by Crippen LogP contribution is -2.45. The lowest BCUT2D eigenvalue weighted by molar-refractivity contribution is -0.120. The van der Waals surface area contributed by atoms with E-state index in [4.69, 9.17) is 16.3 Å². The number of benzene rings is 3. The van der Waals surface area contributed by atoms with Crippen LogP contribution < -0.4 is 14.9 Å². The molecule has 0 bridgehead atoms. The van der Waals surface area contributed by atoms with Crippen LogP contribution >= 0.6 is 11.6 Å². The van der Waals surface area contributed by atoms with Gasteiger partial charge in [0.2, 0.25) is 15.9 Å². The molecule has 0 saturated heterocycles. The molecule has 0 aromatic heterocycles. The Balaban J connectivity index is 1.48. The number of carbonyl (C=O) groups excluding carboxylic acids is 1. The molecule has 3 aromatic rings. The summed E-state index contributed by atoms with van der Waals surface area (Å²) in [6.45, 7) is 0.847. The van der Waals surface area contributed by atoms with Gasteiger partial charge >= 0.3 is 0 Å². The topological polar surface area (TPSA) is 87.7 Å². The van der Waals surface area contributed by atoms with Crippen molar-refractivity contribution in [3.05, 3.63) is 89.5 Å². The normalized spacial score (nSPS) is 19.7. The second-order valence-corrected chi connectivity index (χ2v) is 10.9. The number of hydrogen-bond donors (Lipinski definition) is 2. The van der Waals surface area contributed by atoms with Crippen LogP contribution in [0.15, 0.2) is 77.7 Å². The zero-order chi connectivity index (χ0) is 24.6. The van der Waals surface area contributed by atoms with Gasteiger partial charge in [-0.1, -0.05) is 60.1 Å². The van der Waals surface area contributed by atoms with Crippen LogP contribution in [0.4, 0.5) is 11.4 Å². The highest BCUT2D eigenvalue weighted by Crippen LogP contribution is 2.43. The number of hydrogen-bond acceptors (Lipinski definition) is 5. The minimum Gasteiger partial charge on any atom is -0.373 e. The van der Waals surface area contributed by atoms with E-state index in [0.717, 1.165) is 23.2 Å². The van der Waals surface area contributed by atoms with Crippen LogP contribution in [0.3, 0.4) is 0 Å². The molecule has 9 heteroatoms. The molecule has 182 valence electrons. The van der Waals surface area contributed by atoms with Gasteiger partial charge in [-0.25, -0.2) is 13.1 Å². The Hall–Kier alpha value is -2.91. The molecular formula is C26H26ClN3O4S. The summed E-state index contributed by atoms with van der Waals surface area (Å²) < 4.78 is 33.3. The molecule has 0 aliphatic carbocycles. The number of rotatable bonds is 7. The van der Waals surface area contributed by atoms with Crippen molar-refractivity contribution in [2.24, 2.45) is 0 Å². The molecule has 2 heterocycles. The molecule has 2 aliphatic heterocycles. The number of fused-ring (bicyclic) bond motifs is 2. The molecule has 5 rings (SSSR count). The van der Waals surface area contributed by atoms with Gasteiger partial charge in [-0.2, -0.15) is 0 Å². The summed E-state index contributed by atoms with van der Waals surface area (Å²) in [6, 6.07) is 21.5. The third-order valence-electron chi connectivity index (χ3n) is 6.58. The first-order chi connectivity index (χ1) is 16.9. The van der Waals surface area contributed by atoms with E-state index in [1.165, 1.54) is 13.1 Å². The molecule has 2 aliphatic rings. The highest BCUT2D eigenvalue weighted by molar-refractivity contribution is 7.89. The van der Waals surface area contributed by atoms with Crippen molar-refractivity contribution in [3.8, 4) is 0 Å². The monoisotopic (exact) mass is 511 g/mol. The lowest BCUT2D eigenvalue weighted by atomic mass is 9.94. The maximum Gasteiger partial charge on any atom is 0.250 e. The fourth-order valence-electron chi connectivity index (χ4n) is 4.77. The van der Waals surface area contributed by atoms with E-state index >= 15 is 0 Å². The fraction of sp³-hybridized carbons (Fsp3) is 0.269. The van der Waals surface area contributed by atoms with E-state index in [9.17, 15) is 13.2 Å². The molecule has 3 aromatic carbocycles. The number of sulfonamides is 1. The Morgan fingerprint density at radius 3 is 2.66 bits per heavy atom. The number of anilines is 2. The number of ether oxygens (including phenoxy) is 1. The predicted molar refractivity (Wildman–Crippen MR) is 136 cm³/mol. The molecule has 35 heavy (non-hydrogen) atoms. The molecule has 1 amide bonds. The Morgan fingerprint density at radius 1 is 1.14 bits per heavy atom. The quantitative estimate of drug-likeness (QED) is 0.470. The molecular weight excluding hydrogens is 486 g/mol. The number of nitrogens with zero attached hydrogens (tertiary/aromatic N) is 1. The third-order valence-corrected chi connectivity index (χ3v) is 8.39. The Morgan fingerprint density at radius 2 is 1.89 bits per heavy atom. The van der Waals surface area contributed by atoms with Gasteiger partial charge in [0.15, 0.2) is 0 Å². The first-order valence-corrected chi connectivity index (χ1v) is 13.3. The summed E-state index contributed by atoms with van der Waals surface area (Å²) in [5.41, 5.74) is 3.40. The molecule has 0 radical (unpaired) electrons. The fourth-order valence-corrected chi connectivity index (χ4v) is 5.88. The maximum absolute atomic E-state index is 13.8. The Kier molecular flexibility index (Phi) is 6.55. The van der Waals surface area contributed by atoms with E-state index in [1.807, 2.05) is 54.6 Å². The van der Waals surface area contributed by atoms with Crippen molar-refractivity contribution in [1.82, 2.24) is 4.72 Å². The second-order valence-electron chi connectivity index (χ2n) is 8.62. The number of carbonyl (C=O) groups is 1. The first-order valence-electron chi connectivity index (χ1n) is 11.4. The molecule has 0 fully saturated rings. The summed E-state index contributed by atoms with van der Waals surface area (Å²) >= 11 is 6.81. The van der Waals surface area contributed by atoms with Gasteiger partial charge in [0.05, 0.1) is 17.4 Å². The third kappa shape index (κ3) is 4.54. The zero-order valence-electron chi connectivity index (χ0n) is 19.1. The molecule has 2 N–H and O–H groups in total. The average Bonchev–Trinajstić information content (AvgIpc) is 3.49. The second kappa shape index (κ2) is 9.62. The lowest BCUT2D eigenvalue weighted by Gasteiger charge is -2.28. The van der Waals surface area contributed by atoms with Crippen LogP contribution in [0.25, 0.3) is 0 Å². The Labute approximate surface area is 210 Å². The van der Waals surface area contributed by atoms with Crippen molar-refractivity contribution in [2.75, 3.05) is 23.8 Å². The number of nitrogens with one attached hydrogen (secondary N) is 2. The van der Waals surface area contributed by atoms with E-state index in [1.54, 1.807) is 17.0 Å². The van der Waals surface area contributed by atoms with Crippen molar-refractivity contribution >= 4 is 38.9 Å². The molecule has 0 saturated carbocycles. The predicted octanol–water partition coefficient (Wildman–Crippen LogP) is 3.84. The smallest absolute Gasteiger partial charge is 0.250 e. The van der Waals surface area contributed by atoms with Crippen LogP contribution in [0, 0.1) is 0 Å². The minimum atomic E-state index is -3.67. The van der Waals surface area contributed by atoms with Gasteiger partial charge in [0, 0.05) is 17.9 Å². The highest BCUT2D eigenvalue weighted by atomic mass is 35.5. The SMILES string of the molecule is CNS(=O)(=O)c1ccc2c(c1)C(C(Cl)OCc1ccccc1)C(C(=O)N1CCc3ccccc31)N2. The highest BCUT2D eigenvalue weighted by Gasteiger charge is 2.45. The summed E-state index contributed by atoms with van der Waals surface area (Å²) in [7, 11) is -2.31. The molecule has 7 nitrogen and oxygen atoms in total. The van der Waals surface area contributed by atoms with Crippen LogP contribution in [0.1, 0.15) is 22.6 Å². The maximum atomic E-state index is 13.8. The van der Waals surface area contributed by atoms with Crippen molar-refractivity contribution in [3.63, 3.8) is 0 Å². The van der Waals surface area contributed by atoms with Crippen molar-refractivity contribution in [2.45, 2.75) is 35.4 Å². The van der Waals surface area contributed by atoms with E-state index in [2.05, 4.69) is 10.0 Å². The number of para-hydroxylation sites is 1. The van der Waals surface area contributed by atoms with E-state index in [0.29, 0.717) is 17.8 Å². The van der Waals surface area contributed by atoms with Crippen LogP contribution in [-0.4, -0.2) is 39.5 Å². The first kappa shape index (κ1) is 23.8. The standard InChI is InChI=1S/C26H26ClN3O4S/c1-28-35(32,33)19-11-12-21-20(15-19)23(25(27)34-16-17-7-3-2-4-8-17)24(29-21)26(31)30-14-13-18-9-5-6-10-22(18)30/h2-12,15,23-25,28-29H,13-14,16H2,1H3. The summed E-state index contributed by atoms with van der Waals surface area (Å²) in [5.74, 6) is -0.717. The summed E-state index contributed by atoms with van der Waals surface area (Å²) in [6.07, 6.45) is 0.783. The zero-order valence-corrected chi connectivity index (χ0v) is 20.7. The van der Waals surface area contributed by atoms with Crippen molar-refractivity contribution in [1.29, 1.82) is 0 Å². The summed E-state index contributed by atoms with van der Waals surface area (Å²) in [4.78, 5) is 15.7. The minimum absolute atomic E-state index is 0.108. The van der Waals surface area contributed by atoms with Crippen LogP contribution in [-0.2, 0) is 32.6 Å². The molecule has 3 unspecified atom stereocenters. The number of amides is 1. The summed E-state index contributed by atoms with van der Waals surface area (Å²) in [5, 5.41) is 3.30. The van der Waals surface area contributed by atoms with Gasteiger partial charge in [0.1, 0.15) is 11.6 Å². The van der Waals surface area contributed by atoms with Gasteiger partial charge in [-0.05, 0) is 54.4 Å². The largest absolute Gasteiger partial charge is 0.373 e. The number of halogens is 1. The van der Waals surface area contributed by atoms with E-state index in [-0.39, 0.29) is 17.4 Å². The molecule has 0 spiro atoms. The number of alkyl halides is 1. The van der Waals surface area contributed by atoms with Gasteiger partial charge in [-0.15, -0.1) is 0 Å². The van der Waals surface area contributed by atoms with Crippen LogP contribution in [0.5, 0.6) is 0 Å². The average molecular weight is 512 g/mol. The molecule has 3 atom stereocenters. The van der Waals surface area contributed by atoms with Gasteiger partial charge < -0.3 is 15.0 Å². The van der Waals surface area contributed by atoms with Crippen molar-refractivity contribution < 1.29 is 17.9 Å².